The number of benzene rings is 1. The van der Waals surface area contributed by atoms with Gasteiger partial charge in [0, 0.05) is 0 Å². The van der Waals surface area contributed by atoms with Gasteiger partial charge in [-0.05, 0) is 0 Å². The Labute approximate surface area is 149 Å². The van der Waals surface area contributed by atoms with Gasteiger partial charge < -0.3 is 0 Å². The summed E-state index contributed by atoms with van der Waals surface area (Å²) in [7, 11) is 0. The topological polar surface area (TPSA) is 130 Å². The van der Waals surface area contributed by atoms with Crippen LogP contribution in [0.4, 0.5) is 11.4 Å². The molecule has 1 heterocycles. The van der Waals surface area contributed by atoms with Crippen LogP contribution in [0.5, 0.6) is 0 Å². The molecular formula is C14H16N6O4Se. The Hall–Kier alpha value is -2.39. The Morgan fingerprint density at radius 3 is 2.60 bits per heavy atom. The molecule has 1 aliphatic carbocycles. The van der Waals surface area contributed by atoms with E-state index in [4.69, 9.17) is 0 Å². The van der Waals surface area contributed by atoms with Gasteiger partial charge in [-0.25, -0.2) is 0 Å². The SMILES string of the molecule is O=[N+]([O-])c1ccc(C[Se]c2nnnn2C2CCCCC2)c([N+](=O)[O-])c1. The minimum absolute atomic E-state index is 0.193. The van der Waals surface area contributed by atoms with Gasteiger partial charge in [0.1, 0.15) is 0 Å². The molecular weight excluding hydrogens is 395 g/mol. The zero-order valence-corrected chi connectivity index (χ0v) is 15.0. The Kier molecular flexibility index (Phi) is 5.34. The number of hydrogen-bond acceptors (Lipinski definition) is 7. The zero-order valence-electron chi connectivity index (χ0n) is 13.3. The van der Waals surface area contributed by atoms with Crippen molar-refractivity contribution in [3.63, 3.8) is 0 Å². The van der Waals surface area contributed by atoms with Gasteiger partial charge in [-0.3, -0.25) is 0 Å². The zero-order chi connectivity index (χ0) is 17.8. The molecule has 132 valence electrons. The average Bonchev–Trinajstić information content (AvgIpc) is 3.09. The maximum absolute atomic E-state index is 11.2. The summed E-state index contributed by atoms with van der Waals surface area (Å²) in [6.45, 7) is 0. The van der Waals surface area contributed by atoms with E-state index in [9.17, 15) is 20.2 Å². The first-order valence-electron chi connectivity index (χ1n) is 7.88. The van der Waals surface area contributed by atoms with E-state index in [2.05, 4.69) is 15.5 Å². The second kappa shape index (κ2) is 7.66. The third kappa shape index (κ3) is 3.99. The Balaban J connectivity index is 1.77. The van der Waals surface area contributed by atoms with Crippen molar-refractivity contribution in [3.05, 3.63) is 44.0 Å². The van der Waals surface area contributed by atoms with Gasteiger partial charge in [-0.15, -0.1) is 0 Å². The molecule has 0 aliphatic heterocycles. The molecule has 25 heavy (non-hydrogen) atoms. The predicted octanol–water partition coefficient (Wildman–Crippen LogP) is 1.52. The number of aromatic nitrogens is 4. The summed E-state index contributed by atoms with van der Waals surface area (Å²) in [6.07, 6.45) is 5.64. The van der Waals surface area contributed by atoms with Crippen LogP contribution in [-0.4, -0.2) is 45.0 Å². The van der Waals surface area contributed by atoms with Crippen molar-refractivity contribution in [3.8, 4) is 0 Å². The summed E-state index contributed by atoms with van der Waals surface area (Å²) < 4.78 is 2.61. The fraction of sp³-hybridized carbons (Fsp3) is 0.500. The first kappa shape index (κ1) is 17.4. The van der Waals surface area contributed by atoms with Gasteiger partial charge in [0.05, 0.1) is 0 Å². The summed E-state index contributed by atoms with van der Waals surface area (Å²) in [4.78, 5) is 20.8. The number of hydrogen-bond donors (Lipinski definition) is 0. The Morgan fingerprint density at radius 2 is 1.92 bits per heavy atom. The predicted molar refractivity (Wildman–Crippen MR) is 88.8 cm³/mol. The third-order valence-electron chi connectivity index (χ3n) is 4.22. The molecule has 11 heteroatoms. The van der Waals surface area contributed by atoms with E-state index in [1.807, 2.05) is 4.68 Å². The van der Waals surface area contributed by atoms with Crippen LogP contribution in [0.25, 0.3) is 0 Å². The molecule has 0 radical (unpaired) electrons. The van der Waals surface area contributed by atoms with Crippen LogP contribution in [-0.2, 0) is 5.32 Å². The van der Waals surface area contributed by atoms with Crippen LogP contribution in [0.2, 0.25) is 0 Å². The summed E-state index contributed by atoms with van der Waals surface area (Å²) in [5, 5.41) is 34.4. The second-order valence-corrected chi connectivity index (χ2v) is 7.79. The normalized spacial score (nSPS) is 15.2. The van der Waals surface area contributed by atoms with E-state index in [1.165, 1.54) is 18.6 Å². The number of non-ortho nitro benzene ring substituents is 1. The molecule has 1 aliphatic rings. The van der Waals surface area contributed by atoms with Crippen LogP contribution < -0.4 is 4.72 Å². The molecule has 0 spiro atoms. The van der Waals surface area contributed by atoms with Gasteiger partial charge in [-0.2, -0.15) is 0 Å². The van der Waals surface area contributed by atoms with Crippen molar-refractivity contribution in [2.24, 2.45) is 0 Å². The van der Waals surface area contributed by atoms with Crippen LogP contribution in [0, 0.1) is 20.2 Å². The standard InChI is InChI=1S/C14H16N6O4Se/c21-19(22)12-7-6-10(13(8-12)20(23)24)9-25-14-15-16-17-18(14)11-4-2-1-3-5-11/h6-8,11H,1-5,9H2. The van der Waals surface area contributed by atoms with Crippen molar-refractivity contribution >= 4 is 31.1 Å². The fourth-order valence-corrected chi connectivity index (χ4v) is 4.91. The Morgan fingerprint density at radius 1 is 1.16 bits per heavy atom. The van der Waals surface area contributed by atoms with Gasteiger partial charge in [0.2, 0.25) is 0 Å². The second-order valence-electron chi connectivity index (χ2n) is 5.81. The summed E-state index contributed by atoms with van der Waals surface area (Å²) in [5.74, 6) is 0. The first-order chi connectivity index (χ1) is 12.1. The molecule has 1 fully saturated rings. The summed E-state index contributed by atoms with van der Waals surface area (Å²) >= 11 is -0.193. The van der Waals surface area contributed by atoms with E-state index in [0.717, 1.165) is 36.5 Å². The molecule has 3 rings (SSSR count). The molecule has 1 aromatic heterocycles. The van der Waals surface area contributed by atoms with Crippen LogP contribution >= 0.6 is 0 Å². The van der Waals surface area contributed by atoms with E-state index < -0.39 is 9.85 Å². The summed E-state index contributed by atoms with van der Waals surface area (Å²) in [5.41, 5.74) is -0.0449. The molecule has 0 saturated heterocycles. The molecule has 0 atom stereocenters. The number of nitro benzene ring substituents is 2. The van der Waals surface area contributed by atoms with E-state index in [1.54, 1.807) is 0 Å². The van der Waals surface area contributed by atoms with Crippen molar-refractivity contribution in [2.45, 2.75) is 43.5 Å². The van der Waals surface area contributed by atoms with Crippen molar-refractivity contribution < 1.29 is 9.85 Å². The monoisotopic (exact) mass is 412 g/mol. The van der Waals surface area contributed by atoms with Crippen LogP contribution in [0.15, 0.2) is 18.2 Å². The summed E-state index contributed by atoms with van der Waals surface area (Å²) in [6, 6.07) is 4.05. The number of nitro groups is 2. The number of nitrogens with zero attached hydrogens (tertiary/aromatic N) is 6. The number of tetrazole rings is 1. The van der Waals surface area contributed by atoms with Crippen molar-refractivity contribution in [2.75, 3.05) is 0 Å². The first-order valence-corrected chi connectivity index (χ1v) is 9.95. The van der Waals surface area contributed by atoms with Gasteiger partial charge in [0.15, 0.2) is 0 Å². The molecule has 1 aromatic carbocycles. The van der Waals surface area contributed by atoms with Crippen molar-refractivity contribution in [1.29, 1.82) is 0 Å². The molecule has 1 saturated carbocycles. The molecule has 0 N–H and O–H groups in total. The maximum atomic E-state index is 11.2. The molecule has 0 amide bonds. The van der Waals surface area contributed by atoms with Crippen LogP contribution in [0.3, 0.4) is 0 Å². The molecule has 0 bridgehead atoms. The molecule has 10 nitrogen and oxygen atoms in total. The van der Waals surface area contributed by atoms with E-state index in [-0.39, 0.29) is 26.3 Å². The minimum atomic E-state index is -0.633. The van der Waals surface area contributed by atoms with Gasteiger partial charge >= 0.3 is 149 Å². The molecule has 0 unspecified atom stereocenters. The quantitative estimate of drug-likeness (QED) is 0.400. The van der Waals surface area contributed by atoms with E-state index in [0.29, 0.717) is 16.9 Å². The van der Waals surface area contributed by atoms with E-state index >= 15 is 0 Å². The van der Waals surface area contributed by atoms with Crippen molar-refractivity contribution in [1.82, 2.24) is 20.2 Å². The van der Waals surface area contributed by atoms with Gasteiger partial charge in [-0.1, -0.05) is 0 Å². The van der Waals surface area contributed by atoms with Crippen LogP contribution in [0.1, 0.15) is 43.7 Å². The fourth-order valence-electron chi connectivity index (χ4n) is 2.94. The number of rotatable bonds is 6. The third-order valence-corrected chi connectivity index (χ3v) is 6.28. The molecule has 2 aromatic rings. The average molecular weight is 411 g/mol. The van der Waals surface area contributed by atoms with Gasteiger partial charge in [0.25, 0.3) is 0 Å². The Bertz CT molecular complexity index is 789.